The van der Waals surface area contributed by atoms with Gasteiger partial charge in [-0.2, -0.15) is 10.2 Å². The Morgan fingerprint density at radius 3 is 2.39 bits per heavy atom. The predicted octanol–water partition coefficient (Wildman–Crippen LogP) is 2.43. The zero-order valence-corrected chi connectivity index (χ0v) is 14.6. The van der Waals surface area contributed by atoms with E-state index in [4.69, 9.17) is 0 Å². The first-order valence-corrected chi connectivity index (χ1v) is 7.87. The Morgan fingerprint density at radius 2 is 1.74 bits per heavy atom. The van der Waals surface area contributed by atoms with E-state index in [1.165, 1.54) is 11.3 Å². The molecular formula is C16H23N7. The highest BCUT2D eigenvalue weighted by Gasteiger charge is 2.15. The van der Waals surface area contributed by atoms with Crippen LogP contribution in [-0.2, 0) is 20.1 Å². The minimum absolute atomic E-state index is 0.688. The van der Waals surface area contributed by atoms with Crippen LogP contribution >= 0.6 is 0 Å². The fourth-order valence-corrected chi connectivity index (χ4v) is 3.04. The molecule has 0 aliphatic heterocycles. The van der Waals surface area contributed by atoms with Gasteiger partial charge in [-0.3, -0.25) is 9.36 Å². The lowest BCUT2D eigenvalue weighted by atomic mass is 10.2. The Bertz CT molecular complexity index is 873. The summed E-state index contributed by atoms with van der Waals surface area (Å²) in [6.45, 7) is 11.7. The number of nitrogens with zero attached hydrogens (tertiary/aromatic N) is 6. The summed E-state index contributed by atoms with van der Waals surface area (Å²) in [5.74, 6) is 1.56. The van der Waals surface area contributed by atoms with E-state index in [1.54, 1.807) is 0 Å². The smallest absolute Gasteiger partial charge is 0.156 e. The molecule has 0 radical (unpaired) electrons. The van der Waals surface area contributed by atoms with E-state index in [2.05, 4.69) is 39.3 Å². The van der Waals surface area contributed by atoms with Gasteiger partial charge >= 0.3 is 0 Å². The third-order valence-electron chi connectivity index (χ3n) is 4.23. The van der Waals surface area contributed by atoms with Gasteiger partial charge in [0.1, 0.15) is 16.9 Å². The van der Waals surface area contributed by atoms with Crippen LogP contribution in [0.2, 0.25) is 0 Å². The second-order valence-electron chi connectivity index (χ2n) is 5.84. The average molecular weight is 313 g/mol. The molecule has 0 aliphatic carbocycles. The van der Waals surface area contributed by atoms with Gasteiger partial charge in [0.25, 0.3) is 0 Å². The molecule has 0 bridgehead atoms. The van der Waals surface area contributed by atoms with Crippen molar-refractivity contribution in [1.29, 1.82) is 0 Å². The third-order valence-corrected chi connectivity index (χ3v) is 4.23. The molecule has 0 saturated heterocycles. The van der Waals surface area contributed by atoms with E-state index in [0.29, 0.717) is 6.54 Å². The van der Waals surface area contributed by atoms with Crippen LogP contribution in [0.1, 0.15) is 35.4 Å². The van der Waals surface area contributed by atoms with Gasteiger partial charge in [0.15, 0.2) is 5.82 Å². The molecule has 3 rings (SSSR count). The normalized spacial score (nSPS) is 11.4. The molecule has 0 saturated carbocycles. The zero-order chi connectivity index (χ0) is 16.7. The number of aromatic nitrogens is 6. The Morgan fingerprint density at radius 1 is 1.00 bits per heavy atom. The van der Waals surface area contributed by atoms with Gasteiger partial charge in [0, 0.05) is 31.4 Å². The Labute approximate surface area is 135 Å². The summed E-state index contributed by atoms with van der Waals surface area (Å²) in [6, 6.07) is 0. The van der Waals surface area contributed by atoms with E-state index in [1.807, 2.05) is 37.2 Å². The number of anilines is 1. The summed E-state index contributed by atoms with van der Waals surface area (Å²) in [6.07, 6.45) is 0. The fraction of sp³-hybridized carbons (Fsp3) is 0.500. The van der Waals surface area contributed by atoms with Crippen LogP contribution in [0.3, 0.4) is 0 Å². The molecule has 7 heteroatoms. The SMILES string of the molecule is CCn1nc(C)c(CNc2nc(C)nc3c(C)nn(C)c23)c1C. The molecule has 1 N–H and O–H groups in total. The number of hydrogen-bond donors (Lipinski definition) is 1. The van der Waals surface area contributed by atoms with Gasteiger partial charge in [-0.25, -0.2) is 9.97 Å². The first-order chi connectivity index (χ1) is 10.9. The quantitative estimate of drug-likeness (QED) is 0.801. The van der Waals surface area contributed by atoms with Crippen LogP contribution in [0.15, 0.2) is 0 Å². The van der Waals surface area contributed by atoms with E-state index in [9.17, 15) is 0 Å². The molecule has 0 atom stereocenters. The first kappa shape index (κ1) is 15.5. The number of nitrogens with one attached hydrogen (secondary N) is 1. The van der Waals surface area contributed by atoms with E-state index >= 15 is 0 Å². The number of aryl methyl sites for hydroxylation is 5. The standard InChI is InChI=1S/C16H23N7/c1-7-23-11(4)13(9(2)21-23)8-17-16-15-14(18-12(5)19-16)10(3)20-22(15)6/h7-8H2,1-6H3,(H,17,18,19). The summed E-state index contributed by atoms with van der Waals surface area (Å²) in [5, 5.41) is 12.5. The number of rotatable bonds is 4. The molecule has 122 valence electrons. The van der Waals surface area contributed by atoms with Crippen molar-refractivity contribution in [3.8, 4) is 0 Å². The maximum Gasteiger partial charge on any atom is 0.156 e. The molecule has 3 heterocycles. The zero-order valence-electron chi connectivity index (χ0n) is 14.6. The van der Waals surface area contributed by atoms with E-state index in [0.717, 1.165) is 40.6 Å². The molecule has 0 aromatic carbocycles. The summed E-state index contributed by atoms with van der Waals surface area (Å²) in [7, 11) is 1.92. The molecule has 3 aromatic rings. The fourth-order valence-electron chi connectivity index (χ4n) is 3.04. The molecule has 3 aromatic heterocycles. The van der Waals surface area contributed by atoms with Crippen LogP contribution in [0.4, 0.5) is 5.82 Å². The van der Waals surface area contributed by atoms with Gasteiger partial charge in [-0.1, -0.05) is 0 Å². The predicted molar refractivity (Wildman–Crippen MR) is 90.5 cm³/mol. The minimum Gasteiger partial charge on any atom is -0.364 e. The molecule has 0 spiro atoms. The van der Waals surface area contributed by atoms with Crippen molar-refractivity contribution in [1.82, 2.24) is 29.5 Å². The molecule has 0 aliphatic rings. The average Bonchev–Trinajstić information content (AvgIpc) is 2.93. The third kappa shape index (κ3) is 2.56. The van der Waals surface area contributed by atoms with Crippen molar-refractivity contribution in [3.05, 3.63) is 28.5 Å². The Kier molecular flexibility index (Phi) is 3.79. The number of fused-ring (bicyclic) bond motifs is 1. The molecule has 23 heavy (non-hydrogen) atoms. The maximum absolute atomic E-state index is 4.57. The van der Waals surface area contributed by atoms with Crippen molar-refractivity contribution >= 4 is 16.9 Å². The van der Waals surface area contributed by atoms with Crippen LogP contribution in [0, 0.1) is 27.7 Å². The number of hydrogen-bond acceptors (Lipinski definition) is 5. The van der Waals surface area contributed by atoms with Crippen molar-refractivity contribution in [2.24, 2.45) is 7.05 Å². The topological polar surface area (TPSA) is 73.5 Å². The van der Waals surface area contributed by atoms with Gasteiger partial charge in [-0.05, 0) is 34.6 Å². The Hall–Kier alpha value is -2.44. The molecule has 7 nitrogen and oxygen atoms in total. The molecule has 0 fully saturated rings. The second kappa shape index (κ2) is 5.64. The highest BCUT2D eigenvalue weighted by Crippen LogP contribution is 2.23. The van der Waals surface area contributed by atoms with Crippen molar-refractivity contribution in [3.63, 3.8) is 0 Å². The van der Waals surface area contributed by atoms with Crippen LogP contribution in [0.25, 0.3) is 11.0 Å². The lowest BCUT2D eigenvalue weighted by molar-refractivity contribution is 0.633. The molecule has 0 amide bonds. The highest BCUT2D eigenvalue weighted by atomic mass is 15.3. The first-order valence-electron chi connectivity index (χ1n) is 7.87. The van der Waals surface area contributed by atoms with Gasteiger partial charge < -0.3 is 5.32 Å². The highest BCUT2D eigenvalue weighted by molar-refractivity contribution is 5.87. The lowest BCUT2D eigenvalue weighted by Gasteiger charge is -2.09. The van der Waals surface area contributed by atoms with Crippen LogP contribution in [-0.4, -0.2) is 29.5 Å². The van der Waals surface area contributed by atoms with E-state index in [-0.39, 0.29) is 0 Å². The maximum atomic E-state index is 4.57. The summed E-state index contributed by atoms with van der Waals surface area (Å²) in [4.78, 5) is 9.08. The second-order valence-corrected chi connectivity index (χ2v) is 5.84. The monoisotopic (exact) mass is 313 g/mol. The summed E-state index contributed by atoms with van der Waals surface area (Å²) in [5.41, 5.74) is 6.23. The lowest BCUT2D eigenvalue weighted by Crippen LogP contribution is -2.07. The van der Waals surface area contributed by atoms with Crippen molar-refractivity contribution < 1.29 is 0 Å². The molecule has 0 unspecified atom stereocenters. The largest absolute Gasteiger partial charge is 0.364 e. The van der Waals surface area contributed by atoms with Gasteiger partial charge in [0.2, 0.25) is 0 Å². The van der Waals surface area contributed by atoms with Crippen LogP contribution < -0.4 is 5.32 Å². The van der Waals surface area contributed by atoms with Gasteiger partial charge in [0.05, 0.1) is 11.4 Å². The Balaban J connectivity index is 1.98. The van der Waals surface area contributed by atoms with Crippen molar-refractivity contribution in [2.75, 3.05) is 5.32 Å². The van der Waals surface area contributed by atoms with Crippen LogP contribution in [0.5, 0.6) is 0 Å². The summed E-state index contributed by atoms with van der Waals surface area (Å²) >= 11 is 0. The minimum atomic E-state index is 0.688. The van der Waals surface area contributed by atoms with Crippen molar-refractivity contribution in [2.45, 2.75) is 47.7 Å². The van der Waals surface area contributed by atoms with Gasteiger partial charge in [-0.15, -0.1) is 0 Å². The molecular weight excluding hydrogens is 290 g/mol. The van der Waals surface area contributed by atoms with E-state index < -0.39 is 0 Å². The summed E-state index contributed by atoms with van der Waals surface area (Å²) < 4.78 is 3.86.